The summed E-state index contributed by atoms with van der Waals surface area (Å²) < 4.78 is 0. The number of nitrogens with one attached hydrogen (secondary N) is 2. The quantitative estimate of drug-likeness (QED) is 0.660. The molecule has 0 aliphatic carbocycles. The van der Waals surface area contributed by atoms with Gasteiger partial charge in [0.05, 0.1) is 5.92 Å². The van der Waals surface area contributed by atoms with E-state index in [9.17, 15) is 9.59 Å². The van der Waals surface area contributed by atoms with E-state index in [-0.39, 0.29) is 5.91 Å². The Kier molecular flexibility index (Phi) is 2.91. The fourth-order valence-corrected chi connectivity index (χ4v) is 1.20. The number of carbonyl (C=O) groups is 2. The van der Waals surface area contributed by atoms with Crippen molar-refractivity contribution in [1.29, 1.82) is 0 Å². The summed E-state index contributed by atoms with van der Waals surface area (Å²) in [6.07, 6.45) is 1.55. The molecule has 1 aromatic rings. The Balaban J connectivity index is 3.04. The van der Waals surface area contributed by atoms with Crippen molar-refractivity contribution in [3.8, 4) is 0 Å². The van der Waals surface area contributed by atoms with Crippen LogP contribution in [0.2, 0.25) is 0 Å². The van der Waals surface area contributed by atoms with Crippen LogP contribution in [0.1, 0.15) is 28.9 Å². The summed E-state index contributed by atoms with van der Waals surface area (Å²) in [5, 5.41) is 11.2. The van der Waals surface area contributed by atoms with Crippen molar-refractivity contribution in [1.82, 2.24) is 10.3 Å². The van der Waals surface area contributed by atoms with Crippen molar-refractivity contribution in [2.45, 2.75) is 12.8 Å². The molecule has 5 heteroatoms. The van der Waals surface area contributed by atoms with Gasteiger partial charge in [0.25, 0.3) is 5.91 Å². The predicted octanol–water partition coefficient (Wildman–Crippen LogP) is 0.562. The summed E-state index contributed by atoms with van der Waals surface area (Å²) in [6, 6.07) is 1.60. The van der Waals surface area contributed by atoms with E-state index in [1.54, 1.807) is 12.3 Å². The summed E-state index contributed by atoms with van der Waals surface area (Å²) in [6.45, 7) is 1.54. The van der Waals surface area contributed by atoms with Crippen molar-refractivity contribution < 1.29 is 14.7 Å². The Bertz CT molecular complexity index is 357. The Labute approximate surface area is 81.1 Å². The van der Waals surface area contributed by atoms with Crippen LogP contribution < -0.4 is 5.32 Å². The lowest BCUT2D eigenvalue weighted by Crippen LogP contribution is -2.21. The Morgan fingerprint density at radius 3 is 2.71 bits per heavy atom. The number of aromatic amines is 1. The zero-order valence-electron chi connectivity index (χ0n) is 8.00. The van der Waals surface area contributed by atoms with E-state index < -0.39 is 11.9 Å². The molecule has 0 aliphatic rings. The number of carboxylic acid groups (broad SMARTS) is 1. The molecule has 1 heterocycles. The van der Waals surface area contributed by atoms with Crippen molar-refractivity contribution >= 4 is 11.9 Å². The molecule has 1 unspecified atom stereocenters. The van der Waals surface area contributed by atoms with Gasteiger partial charge in [-0.15, -0.1) is 0 Å². The number of carbonyl (C=O) groups excluding carboxylic acids is 1. The van der Waals surface area contributed by atoms with Crippen LogP contribution in [-0.2, 0) is 4.79 Å². The number of amides is 1. The van der Waals surface area contributed by atoms with Gasteiger partial charge in [0.2, 0.25) is 0 Å². The van der Waals surface area contributed by atoms with Crippen LogP contribution in [0.5, 0.6) is 0 Å². The van der Waals surface area contributed by atoms with Crippen LogP contribution >= 0.6 is 0 Å². The number of aliphatic carboxylic acids is 1. The third kappa shape index (κ3) is 1.76. The van der Waals surface area contributed by atoms with Crippen LogP contribution in [-0.4, -0.2) is 29.0 Å². The molecule has 5 nitrogen and oxygen atoms in total. The van der Waals surface area contributed by atoms with E-state index >= 15 is 0 Å². The standard InChI is InChI=1S/C9H12N2O3/c1-5(9(13)14)6-3-4-11-7(6)8(12)10-2/h3-5,11H,1-2H3,(H,10,12)(H,13,14). The maximum Gasteiger partial charge on any atom is 0.310 e. The summed E-state index contributed by atoms with van der Waals surface area (Å²) in [7, 11) is 1.50. The fraction of sp³-hybridized carbons (Fsp3) is 0.333. The smallest absolute Gasteiger partial charge is 0.310 e. The van der Waals surface area contributed by atoms with E-state index in [1.807, 2.05) is 0 Å². The molecule has 0 aromatic carbocycles. The molecular weight excluding hydrogens is 184 g/mol. The largest absolute Gasteiger partial charge is 0.481 e. The molecule has 14 heavy (non-hydrogen) atoms. The van der Waals surface area contributed by atoms with Gasteiger partial charge in [-0.3, -0.25) is 9.59 Å². The summed E-state index contributed by atoms with van der Waals surface area (Å²) >= 11 is 0. The lowest BCUT2D eigenvalue weighted by atomic mass is 10.0. The first-order valence-corrected chi connectivity index (χ1v) is 4.20. The molecule has 1 aromatic heterocycles. The van der Waals surface area contributed by atoms with Crippen molar-refractivity contribution in [3.63, 3.8) is 0 Å². The summed E-state index contributed by atoms with van der Waals surface area (Å²) in [5.41, 5.74) is 0.805. The molecule has 1 amide bonds. The normalized spacial score (nSPS) is 12.1. The second-order valence-electron chi connectivity index (χ2n) is 2.95. The first-order valence-electron chi connectivity index (χ1n) is 4.20. The Morgan fingerprint density at radius 1 is 1.57 bits per heavy atom. The highest BCUT2D eigenvalue weighted by Gasteiger charge is 2.21. The van der Waals surface area contributed by atoms with Crippen LogP contribution in [0.25, 0.3) is 0 Å². The topological polar surface area (TPSA) is 82.2 Å². The zero-order valence-corrected chi connectivity index (χ0v) is 8.00. The first-order chi connectivity index (χ1) is 6.57. The zero-order chi connectivity index (χ0) is 10.7. The molecular formula is C9H12N2O3. The summed E-state index contributed by atoms with van der Waals surface area (Å²) in [4.78, 5) is 24.7. The van der Waals surface area contributed by atoms with Gasteiger partial charge in [0, 0.05) is 13.2 Å². The number of H-pyrrole nitrogens is 1. The predicted molar refractivity (Wildman–Crippen MR) is 50.2 cm³/mol. The number of aromatic nitrogens is 1. The van der Waals surface area contributed by atoms with Gasteiger partial charge in [-0.25, -0.2) is 0 Å². The number of rotatable bonds is 3. The molecule has 0 fully saturated rings. The lowest BCUT2D eigenvalue weighted by Gasteiger charge is -2.06. The van der Waals surface area contributed by atoms with Crippen LogP contribution in [0.3, 0.4) is 0 Å². The molecule has 0 aliphatic heterocycles. The maximum atomic E-state index is 11.3. The van der Waals surface area contributed by atoms with E-state index in [0.717, 1.165) is 0 Å². The molecule has 0 bridgehead atoms. The molecule has 0 saturated carbocycles. The molecule has 0 radical (unpaired) electrons. The third-order valence-corrected chi connectivity index (χ3v) is 2.07. The Hall–Kier alpha value is -1.78. The van der Waals surface area contributed by atoms with Crippen LogP contribution in [0.15, 0.2) is 12.3 Å². The van der Waals surface area contributed by atoms with Crippen molar-refractivity contribution in [3.05, 3.63) is 23.5 Å². The molecule has 3 N–H and O–H groups in total. The van der Waals surface area contributed by atoms with E-state index in [4.69, 9.17) is 5.11 Å². The van der Waals surface area contributed by atoms with Gasteiger partial charge in [-0.1, -0.05) is 0 Å². The van der Waals surface area contributed by atoms with Crippen molar-refractivity contribution in [2.24, 2.45) is 0 Å². The van der Waals surface area contributed by atoms with Gasteiger partial charge in [0.1, 0.15) is 5.69 Å². The monoisotopic (exact) mass is 196 g/mol. The molecule has 76 valence electrons. The van der Waals surface area contributed by atoms with Crippen LogP contribution in [0, 0.1) is 0 Å². The number of hydrogen-bond donors (Lipinski definition) is 3. The van der Waals surface area contributed by atoms with Crippen LogP contribution in [0.4, 0.5) is 0 Å². The maximum absolute atomic E-state index is 11.3. The second kappa shape index (κ2) is 3.95. The Morgan fingerprint density at radius 2 is 2.21 bits per heavy atom. The van der Waals surface area contributed by atoms with Gasteiger partial charge < -0.3 is 15.4 Å². The minimum atomic E-state index is -0.949. The molecule has 1 atom stereocenters. The average Bonchev–Trinajstić information content (AvgIpc) is 2.63. The minimum Gasteiger partial charge on any atom is -0.481 e. The summed E-state index contributed by atoms with van der Waals surface area (Å²) in [5.74, 6) is -1.94. The van der Waals surface area contributed by atoms with E-state index in [1.165, 1.54) is 14.0 Å². The van der Waals surface area contributed by atoms with Gasteiger partial charge >= 0.3 is 5.97 Å². The first kappa shape index (κ1) is 10.3. The second-order valence-corrected chi connectivity index (χ2v) is 2.95. The average molecular weight is 196 g/mol. The SMILES string of the molecule is CNC(=O)c1[nH]ccc1C(C)C(=O)O. The van der Waals surface area contributed by atoms with E-state index in [2.05, 4.69) is 10.3 Å². The third-order valence-electron chi connectivity index (χ3n) is 2.07. The van der Waals surface area contributed by atoms with E-state index in [0.29, 0.717) is 11.3 Å². The molecule has 0 spiro atoms. The molecule has 0 saturated heterocycles. The fourth-order valence-electron chi connectivity index (χ4n) is 1.20. The number of carboxylic acids is 1. The van der Waals surface area contributed by atoms with Gasteiger partial charge in [0.15, 0.2) is 0 Å². The van der Waals surface area contributed by atoms with Crippen molar-refractivity contribution in [2.75, 3.05) is 7.05 Å². The highest BCUT2D eigenvalue weighted by molar-refractivity contribution is 5.95. The molecule has 1 rings (SSSR count). The highest BCUT2D eigenvalue weighted by Crippen LogP contribution is 2.18. The van der Waals surface area contributed by atoms with Gasteiger partial charge in [-0.2, -0.15) is 0 Å². The number of hydrogen-bond acceptors (Lipinski definition) is 2. The lowest BCUT2D eigenvalue weighted by molar-refractivity contribution is -0.138. The minimum absolute atomic E-state index is 0.307. The highest BCUT2D eigenvalue weighted by atomic mass is 16.4. The van der Waals surface area contributed by atoms with Gasteiger partial charge in [-0.05, 0) is 18.6 Å².